The Morgan fingerprint density at radius 1 is 1.06 bits per heavy atom. The molecule has 0 spiro atoms. The summed E-state index contributed by atoms with van der Waals surface area (Å²) in [6.07, 6.45) is 3.02. The number of aromatic nitrogens is 1. The molecule has 0 saturated heterocycles. The average molecular weight is 484 g/mol. The van der Waals surface area contributed by atoms with E-state index in [1.54, 1.807) is 29.3 Å². The Morgan fingerprint density at radius 3 is 2.61 bits per heavy atom. The van der Waals surface area contributed by atoms with Crippen LogP contribution >= 0.6 is 15.9 Å². The Hall–Kier alpha value is -3.26. The fourth-order valence-electron chi connectivity index (χ4n) is 3.65. The third kappa shape index (κ3) is 4.59. The lowest BCUT2D eigenvalue weighted by Crippen LogP contribution is -2.39. The number of fused-ring (bicyclic) bond motifs is 1. The van der Waals surface area contributed by atoms with Crippen LogP contribution in [0.3, 0.4) is 0 Å². The van der Waals surface area contributed by atoms with Crippen LogP contribution in [-0.4, -0.2) is 22.9 Å². The van der Waals surface area contributed by atoms with Crippen LogP contribution in [0.25, 0.3) is 0 Å². The summed E-state index contributed by atoms with van der Waals surface area (Å²) in [4.78, 5) is 39.3. The fourth-order valence-corrected chi connectivity index (χ4v) is 4.03. The maximum absolute atomic E-state index is 13.1. The highest BCUT2D eigenvalue weighted by molar-refractivity contribution is 9.10. The molecule has 6 nitrogen and oxygen atoms in total. The molecule has 0 fully saturated rings. The van der Waals surface area contributed by atoms with Crippen LogP contribution in [0, 0.1) is 5.82 Å². The van der Waals surface area contributed by atoms with Crippen molar-refractivity contribution in [2.75, 3.05) is 16.8 Å². The van der Waals surface area contributed by atoms with E-state index in [0.29, 0.717) is 28.7 Å². The molecule has 0 unspecified atom stereocenters. The largest absolute Gasteiger partial charge is 0.322 e. The van der Waals surface area contributed by atoms with E-state index in [-0.39, 0.29) is 23.9 Å². The number of nitrogens with zero attached hydrogens (tertiary/aromatic N) is 2. The highest BCUT2D eigenvalue weighted by Crippen LogP contribution is 2.33. The maximum Gasteiger partial charge on any atom is 0.255 e. The van der Waals surface area contributed by atoms with Gasteiger partial charge in [0.2, 0.25) is 5.91 Å². The van der Waals surface area contributed by atoms with Crippen molar-refractivity contribution in [3.8, 4) is 0 Å². The van der Waals surface area contributed by atoms with Gasteiger partial charge in [-0.2, -0.15) is 0 Å². The maximum atomic E-state index is 13.1. The monoisotopic (exact) mass is 483 g/mol. The number of amides is 2. The highest BCUT2D eigenvalue weighted by atomic mass is 79.9. The molecule has 0 aliphatic carbocycles. The molecule has 31 heavy (non-hydrogen) atoms. The van der Waals surface area contributed by atoms with Crippen LogP contribution in [0.4, 0.5) is 15.8 Å². The normalized spacial score (nSPS) is 12.9. The molecule has 1 aliphatic rings. The number of rotatable bonds is 4. The molecular weight excluding hydrogens is 465 g/mol. The van der Waals surface area contributed by atoms with Crippen LogP contribution in [0.1, 0.15) is 22.3 Å². The highest BCUT2D eigenvalue weighted by Gasteiger charge is 2.25. The molecule has 158 valence electrons. The number of pyridine rings is 1. The van der Waals surface area contributed by atoms with Gasteiger partial charge in [-0.05, 0) is 76.8 Å². The van der Waals surface area contributed by atoms with Gasteiger partial charge in [0.15, 0.2) is 0 Å². The van der Waals surface area contributed by atoms with Crippen LogP contribution < -0.4 is 15.8 Å². The zero-order valence-corrected chi connectivity index (χ0v) is 18.1. The van der Waals surface area contributed by atoms with E-state index in [0.717, 1.165) is 17.7 Å². The van der Waals surface area contributed by atoms with E-state index in [1.807, 2.05) is 6.07 Å². The fraction of sp³-hybridized carbons (Fsp3) is 0.174. The van der Waals surface area contributed by atoms with Crippen molar-refractivity contribution in [3.05, 3.63) is 92.6 Å². The smallest absolute Gasteiger partial charge is 0.255 e. The molecule has 0 bridgehead atoms. The number of hydrogen-bond acceptors (Lipinski definition) is 3. The number of benzene rings is 2. The second-order valence-corrected chi connectivity index (χ2v) is 8.14. The molecule has 0 saturated carbocycles. The van der Waals surface area contributed by atoms with E-state index < -0.39 is 5.82 Å². The van der Waals surface area contributed by atoms with Gasteiger partial charge in [0, 0.05) is 40.2 Å². The SMILES string of the molecule is O=C(Nc1cccc2c1CCCN2C(=O)Cn1cc(Br)ccc1=O)c1ccc(F)cc1. The molecule has 2 aromatic carbocycles. The number of nitrogens with one attached hydrogen (secondary N) is 1. The Bertz CT molecular complexity index is 1210. The Balaban J connectivity index is 1.58. The zero-order chi connectivity index (χ0) is 22.0. The minimum absolute atomic E-state index is 0.0795. The lowest BCUT2D eigenvalue weighted by atomic mass is 9.99. The molecule has 1 N–H and O–H groups in total. The first-order chi connectivity index (χ1) is 14.9. The summed E-state index contributed by atoms with van der Waals surface area (Å²) < 4.78 is 15.2. The quantitative estimate of drug-likeness (QED) is 0.609. The molecule has 4 rings (SSSR count). The first kappa shape index (κ1) is 21.0. The van der Waals surface area contributed by atoms with E-state index >= 15 is 0 Å². The summed E-state index contributed by atoms with van der Waals surface area (Å²) in [5, 5.41) is 2.87. The molecule has 2 amide bonds. The van der Waals surface area contributed by atoms with Crippen LogP contribution in [0.5, 0.6) is 0 Å². The number of anilines is 2. The summed E-state index contributed by atoms with van der Waals surface area (Å²) in [5.41, 5.74) is 2.28. The summed E-state index contributed by atoms with van der Waals surface area (Å²) in [6, 6.07) is 13.8. The van der Waals surface area contributed by atoms with Gasteiger partial charge >= 0.3 is 0 Å². The zero-order valence-electron chi connectivity index (χ0n) is 16.5. The molecule has 2 heterocycles. The molecule has 1 aliphatic heterocycles. The second kappa shape index (κ2) is 8.85. The Kier molecular flexibility index (Phi) is 5.99. The molecule has 1 aromatic heterocycles. The van der Waals surface area contributed by atoms with Crippen LogP contribution in [0.2, 0.25) is 0 Å². The number of carbonyl (C=O) groups excluding carboxylic acids is 2. The Morgan fingerprint density at radius 2 is 1.84 bits per heavy atom. The van der Waals surface area contributed by atoms with Gasteiger partial charge in [-0.3, -0.25) is 14.4 Å². The molecular formula is C23H19BrFN3O3. The van der Waals surface area contributed by atoms with Gasteiger partial charge in [0.1, 0.15) is 12.4 Å². The van der Waals surface area contributed by atoms with Crippen molar-refractivity contribution < 1.29 is 14.0 Å². The lowest BCUT2D eigenvalue weighted by Gasteiger charge is -2.31. The second-order valence-electron chi connectivity index (χ2n) is 7.23. The number of halogens is 2. The predicted molar refractivity (Wildman–Crippen MR) is 120 cm³/mol. The Labute approximate surface area is 186 Å². The standard InChI is InChI=1S/C23H19BrFN3O3/c24-16-8-11-21(29)27(13-16)14-22(30)28-12-2-3-18-19(4-1-5-20(18)28)26-23(31)15-6-9-17(25)10-7-15/h1,4-11,13H,2-3,12,14H2,(H,26,31). The van der Waals surface area contributed by atoms with E-state index in [1.165, 1.54) is 34.9 Å². The lowest BCUT2D eigenvalue weighted by molar-refractivity contribution is -0.119. The third-order valence-electron chi connectivity index (χ3n) is 5.16. The molecule has 0 atom stereocenters. The third-order valence-corrected chi connectivity index (χ3v) is 5.63. The van der Waals surface area contributed by atoms with Gasteiger partial charge in [0.05, 0.1) is 0 Å². The predicted octanol–water partition coefficient (Wildman–Crippen LogP) is 3.98. The van der Waals surface area contributed by atoms with Gasteiger partial charge in [-0.25, -0.2) is 4.39 Å². The van der Waals surface area contributed by atoms with E-state index in [9.17, 15) is 18.8 Å². The van der Waals surface area contributed by atoms with Gasteiger partial charge < -0.3 is 14.8 Å². The minimum atomic E-state index is -0.410. The van der Waals surface area contributed by atoms with E-state index in [2.05, 4.69) is 21.2 Å². The average Bonchev–Trinajstić information content (AvgIpc) is 2.76. The minimum Gasteiger partial charge on any atom is -0.322 e. The summed E-state index contributed by atoms with van der Waals surface area (Å²) in [6.45, 7) is 0.452. The number of hydrogen-bond donors (Lipinski definition) is 1. The van der Waals surface area contributed by atoms with Gasteiger partial charge in [0.25, 0.3) is 11.5 Å². The van der Waals surface area contributed by atoms with Crippen molar-refractivity contribution >= 4 is 39.1 Å². The van der Waals surface area contributed by atoms with Crippen molar-refractivity contribution in [1.29, 1.82) is 0 Å². The van der Waals surface area contributed by atoms with Gasteiger partial charge in [-0.1, -0.05) is 6.07 Å². The van der Waals surface area contributed by atoms with E-state index in [4.69, 9.17) is 0 Å². The van der Waals surface area contributed by atoms with Crippen molar-refractivity contribution in [2.24, 2.45) is 0 Å². The first-order valence-electron chi connectivity index (χ1n) is 9.77. The topological polar surface area (TPSA) is 71.4 Å². The summed E-state index contributed by atoms with van der Waals surface area (Å²) in [5.74, 6) is -0.965. The van der Waals surface area contributed by atoms with Crippen LogP contribution in [-0.2, 0) is 17.8 Å². The summed E-state index contributed by atoms with van der Waals surface area (Å²) >= 11 is 3.32. The van der Waals surface area contributed by atoms with Crippen molar-refractivity contribution in [2.45, 2.75) is 19.4 Å². The first-order valence-corrected chi connectivity index (χ1v) is 10.6. The molecule has 8 heteroatoms. The van der Waals surface area contributed by atoms with Crippen molar-refractivity contribution in [3.63, 3.8) is 0 Å². The number of carbonyl (C=O) groups is 2. The molecule has 0 radical (unpaired) electrons. The van der Waals surface area contributed by atoms with Crippen LogP contribution in [0.15, 0.2) is 70.1 Å². The molecule has 3 aromatic rings. The van der Waals surface area contributed by atoms with Gasteiger partial charge in [-0.15, -0.1) is 0 Å². The summed E-state index contributed by atoms with van der Waals surface area (Å²) in [7, 11) is 0. The van der Waals surface area contributed by atoms with Crippen molar-refractivity contribution in [1.82, 2.24) is 4.57 Å².